The quantitative estimate of drug-likeness (QED) is 0.327. The van der Waals surface area contributed by atoms with Crippen molar-refractivity contribution in [3.8, 4) is 0 Å². The molecule has 114 valence electrons. The van der Waals surface area contributed by atoms with Crippen molar-refractivity contribution >= 4 is 21.7 Å². The van der Waals surface area contributed by atoms with Crippen molar-refractivity contribution in [2.45, 2.75) is 77.5 Å². The summed E-state index contributed by atoms with van der Waals surface area (Å²) in [6.07, 6.45) is 6.86. The summed E-state index contributed by atoms with van der Waals surface area (Å²) in [5, 5.41) is 0. The molecule has 0 aromatic rings. The van der Waals surface area contributed by atoms with Crippen molar-refractivity contribution in [1.82, 2.24) is 6.15 Å². The van der Waals surface area contributed by atoms with Gasteiger partial charge < -0.3 is 6.15 Å². The first-order valence-electron chi connectivity index (χ1n) is 7.12. The molecule has 19 heavy (non-hydrogen) atoms. The number of halogens is 1. The molecule has 0 radical (unpaired) electrons. The second kappa shape index (κ2) is 8.91. The number of carbonyl (C=O) groups excluding carboxylic acids is 1. The van der Waals surface area contributed by atoms with Crippen molar-refractivity contribution < 1.29 is 4.79 Å². The molecule has 0 aliphatic carbocycles. The fraction of sp³-hybridized carbons (Fsp3) is 0.812. The molecular formula is C16H32BrNO. The summed E-state index contributed by atoms with van der Waals surface area (Å²) in [4.78, 5) is 12.4. The molecule has 0 aromatic carbocycles. The van der Waals surface area contributed by atoms with Gasteiger partial charge in [-0.05, 0) is 30.8 Å². The monoisotopic (exact) mass is 333 g/mol. The third-order valence-corrected chi connectivity index (χ3v) is 5.96. The van der Waals surface area contributed by atoms with E-state index >= 15 is 0 Å². The molecule has 3 heteroatoms. The molecule has 0 saturated carbocycles. The van der Waals surface area contributed by atoms with Gasteiger partial charge in [0.15, 0.2) is 5.78 Å². The Labute approximate surface area is 128 Å². The van der Waals surface area contributed by atoms with Gasteiger partial charge in [-0.2, -0.15) is 0 Å². The lowest BCUT2D eigenvalue weighted by Crippen LogP contribution is -2.46. The van der Waals surface area contributed by atoms with E-state index < -0.39 is 4.32 Å². The molecule has 0 rings (SSSR count). The second-order valence-corrected chi connectivity index (χ2v) is 7.31. The summed E-state index contributed by atoms with van der Waals surface area (Å²) in [6.45, 7) is 14.3. The van der Waals surface area contributed by atoms with Gasteiger partial charge >= 0.3 is 0 Å². The van der Waals surface area contributed by atoms with Crippen molar-refractivity contribution in [3.63, 3.8) is 0 Å². The molecule has 2 nitrogen and oxygen atoms in total. The molecule has 3 N–H and O–H groups in total. The van der Waals surface area contributed by atoms with Crippen LogP contribution in [0.15, 0.2) is 12.2 Å². The van der Waals surface area contributed by atoms with Crippen LogP contribution in [0.2, 0.25) is 0 Å². The number of carbonyl (C=O) groups is 1. The number of alkyl halides is 1. The number of Topliss-reactive ketones (excluding diaryl/α,β-unsaturated/α-hetero) is 1. The minimum absolute atomic E-state index is 0. The van der Waals surface area contributed by atoms with Crippen LogP contribution in [-0.2, 0) is 4.79 Å². The van der Waals surface area contributed by atoms with Crippen LogP contribution in [-0.4, -0.2) is 10.1 Å². The van der Waals surface area contributed by atoms with Crippen LogP contribution in [0.25, 0.3) is 0 Å². The molecule has 0 aromatic heterocycles. The molecule has 0 saturated heterocycles. The molecule has 0 aliphatic heterocycles. The summed E-state index contributed by atoms with van der Waals surface area (Å²) in [7, 11) is 0. The Morgan fingerprint density at radius 1 is 1.16 bits per heavy atom. The average Bonchev–Trinajstić information content (AvgIpc) is 2.32. The zero-order valence-electron chi connectivity index (χ0n) is 13.4. The van der Waals surface area contributed by atoms with Crippen LogP contribution in [0.4, 0.5) is 0 Å². The molecule has 1 atom stereocenters. The van der Waals surface area contributed by atoms with Gasteiger partial charge in [-0.3, -0.25) is 4.79 Å². The first kappa shape index (κ1) is 21.2. The van der Waals surface area contributed by atoms with Gasteiger partial charge in [0, 0.05) is 0 Å². The fourth-order valence-corrected chi connectivity index (χ4v) is 3.01. The predicted octanol–water partition coefficient (Wildman–Crippen LogP) is 5.83. The molecule has 0 fully saturated rings. The Hall–Kier alpha value is -0.150. The maximum Gasteiger partial charge on any atom is 0.175 e. The zero-order chi connectivity index (χ0) is 14.4. The van der Waals surface area contributed by atoms with E-state index in [4.69, 9.17) is 0 Å². The minimum Gasteiger partial charge on any atom is -0.344 e. The maximum absolute atomic E-state index is 12.4. The standard InChI is InChI=1S/C16H29BrO.H3N/c1-7-9-10-11-12-15(5,6)16(17,8-2)14(18)13(3)4;/h3,7-12H2,1-2,4-6H3;1H3. The van der Waals surface area contributed by atoms with Gasteiger partial charge in [0.1, 0.15) is 0 Å². The van der Waals surface area contributed by atoms with Crippen LogP contribution < -0.4 is 6.15 Å². The maximum atomic E-state index is 12.4. The van der Waals surface area contributed by atoms with Crippen molar-refractivity contribution in [2.24, 2.45) is 5.41 Å². The van der Waals surface area contributed by atoms with Crippen molar-refractivity contribution in [3.05, 3.63) is 12.2 Å². The highest BCUT2D eigenvalue weighted by Gasteiger charge is 2.46. The first-order chi connectivity index (χ1) is 8.23. The van der Waals surface area contributed by atoms with Crippen molar-refractivity contribution in [1.29, 1.82) is 0 Å². The molecule has 0 aliphatic rings. The Morgan fingerprint density at radius 3 is 2.05 bits per heavy atom. The number of hydrogen-bond donors (Lipinski definition) is 1. The predicted molar refractivity (Wildman–Crippen MR) is 89.3 cm³/mol. The van der Waals surface area contributed by atoms with Gasteiger partial charge in [-0.25, -0.2) is 0 Å². The third kappa shape index (κ3) is 5.39. The molecular weight excluding hydrogens is 302 g/mol. The smallest absolute Gasteiger partial charge is 0.175 e. The normalized spacial score (nSPS) is 14.4. The van der Waals surface area contributed by atoms with E-state index in [2.05, 4.69) is 50.2 Å². The number of unbranched alkanes of at least 4 members (excludes halogenated alkanes) is 3. The van der Waals surface area contributed by atoms with E-state index in [-0.39, 0.29) is 17.3 Å². The van der Waals surface area contributed by atoms with Gasteiger partial charge in [0.05, 0.1) is 4.32 Å². The van der Waals surface area contributed by atoms with E-state index in [0.717, 1.165) is 12.8 Å². The van der Waals surface area contributed by atoms with E-state index in [1.54, 1.807) is 6.92 Å². The lowest BCUT2D eigenvalue weighted by molar-refractivity contribution is -0.120. The number of allylic oxidation sites excluding steroid dienone is 1. The highest BCUT2D eigenvalue weighted by atomic mass is 79.9. The van der Waals surface area contributed by atoms with Crippen LogP contribution in [0.1, 0.15) is 73.1 Å². The third-order valence-electron chi connectivity index (χ3n) is 3.96. The summed E-state index contributed by atoms with van der Waals surface area (Å²) < 4.78 is -0.460. The Morgan fingerprint density at radius 2 is 1.68 bits per heavy atom. The summed E-state index contributed by atoms with van der Waals surface area (Å²) in [6, 6.07) is 0. The summed E-state index contributed by atoms with van der Waals surface area (Å²) >= 11 is 3.73. The second-order valence-electron chi connectivity index (χ2n) is 5.96. The van der Waals surface area contributed by atoms with Crippen LogP contribution in [0.5, 0.6) is 0 Å². The van der Waals surface area contributed by atoms with Crippen LogP contribution in [0.3, 0.4) is 0 Å². The zero-order valence-corrected chi connectivity index (χ0v) is 15.0. The van der Waals surface area contributed by atoms with E-state index in [0.29, 0.717) is 5.57 Å². The Bertz CT molecular complexity index is 299. The number of ketones is 1. The molecule has 0 heterocycles. The molecule has 1 unspecified atom stereocenters. The lowest BCUT2D eigenvalue weighted by atomic mass is 9.70. The summed E-state index contributed by atoms with van der Waals surface area (Å²) in [5.41, 5.74) is 0.612. The molecule has 0 spiro atoms. The minimum atomic E-state index is -0.460. The molecule has 0 amide bonds. The number of rotatable bonds is 9. The van der Waals surface area contributed by atoms with Gasteiger partial charge in [-0.1, -0.05) is 75.9 Å². The largest absolute Gasteiger partial charge is 0.344 e. The molecule has 0 bridgehead atoms. The summed E-state index contributed by atoms with van der Waals surface area (Å²) in [5.74, 6) is 0.158. The van der Waals surface area contributed by atoms with Gasteiger partial charge in [0.2, 0.25) is 0 Å². The average molecular weight is 334 g/mol. The van der Waals surface area contributed by atoms with Crippen LogP contribution in [0, 0.1) is 5.41 Å². The number of hydrogen-bond acceptors (Lipinski definition) is 2. The van der Waals surface area contributed by atoms with E-state index in [9.17, 15) is 4.79 Å². The van der Waals surface area contributed by atoms with Crippen LogP contribution >= 0.6 is 15.9 Å². The fourth-order valence-electron chi connectivity index (χ4n) is 2.48. The topological polar surface area (TPSA) is 52.1 Å². The lowest BCUT2D eigenvalue weighted by Gasteiger charge is -2.41. The van der Waals surface area contributed by atoms with E-state index in [1.165, 1.54) is 25.7 Å². The Balaban J connectivity index is 0. The van der Waals surface area contributed by atoms with Crippen molar-refractivity contribution in [2.75, 3.05) is 0 Å². The Kier molecular flexibility index (Phi) is 9.92. The SMILES string of the molecule is C=C(C)C(=O)C(Br)(CC)C(C)(C)CCCCCC.N. The van der Waals surface area contributed by atoms with Gasteiger partial charge in [-0.15, -0.1) is 0 Å². The van der Waals surface area contributed by atoms with E-state index in [1.807, 2.05) is 0 Å². The highest BCUT2D eigenvalue weighted by Crippen LogP contribution is 2.46. The van der Waals surface area contributed by atoms with Gasteiger partial charge in [0.25, 0.3) is 0 Å². The first-order valence-corrected chi connectivity index (χ1v) is 7.91. The highest BCUT2D eigenvalue weighted by molar-refractivity contribution is 9.10.